The third-order valence-corrected chi connectivity index (χ3v) is 4.41. The highest BCUT2D eigenvalue weighted by molar-refractivity contribution is 5.98. The second-order valence-electron chi connectivity index (χ2n) is 6.25. The Labute approximate surface area is 146 Å². The summed E-state index contributed by atoms with van der Waals surface area (Å²) in [5.41, 5.74) is 0.758. The Kier molecular flexibility index (Phi) is 6.08. The first-order valence-electron chi connectivity index (χ1n) is 8.18. The number of carbonyl (C=O) groups excluding carboxylic acids is 2. The van der Waals surface area contributed by atoms with Gasteiger partial charge >= 0.3 is 5.97 Å². The topological polar surface area (TPSA) is 93.0 Å². The highest BCUT2D eigenvalue weighted by atomic mass is 16.6. The zero-order valence-corrected chi connectivity index (χ0v) is 14.7. The Hall–Kier alpha value is -2.48. The molecular formula is C17H23N3O5. The van der Waals surface area contributed by atoms with Gasteiger partial charge in [-0.1, -0.05) is 6.07 Å². The van der Waals surface area contributed by atoms with Gasteiger partial charge in [-0.25, -0.2) is 0 Å². The van der Waals surface area contributed by atoms with Crippen molar-refractivity contribution in [1.82, 2.24) is 9.80 Å². The first-order valence-corrected chi connectivity index (χ1v) is 8.18. The molecule has 8 heteroatoms. The van der Waals surface area contributed by atoms with Crippen LogP contribution in [0.4, 0.5) is 5.69 Å². The van der Waals surface area contributed by atoms with E-state index in [1.807, 2.05) is 6.92 Å². The minimum Gasteiger partial charge on any atom is -0.469 e. The molecule has 1 heterocycles. The van der Waals surface area contributed by atoms with Crippen LogP contribution in [0, 0.1) is 17.0 Å². The normalized spacial score (nSPS) is 18.0. The monoisotopic (exact) mass is 349 g/mol. The highest BCUT2D eigenvalue weighted by Crippen LogP contribution is 2.23. The number of rotatable bonds is 5. The molecule has 136 valence electrons. The summed E-state index contributed by atoms with van der Waals surface area (Å²) in [6.45, 7) is 5.98. The van der Waals surface area contributed by atoms with E-state index in [0.29, 0.717) is 32.6 Å². The number of benzene rings is 1. The molecule has 1 amide bonds. The van der Waals surface area contributed by atoms with E-state index in [1.165, 1.54) is 13.2 Å². The van der Waals surface area contributed by atoms with Crippen molar-refractivity contribution in [1.29, 1.82) is 0 Å². The molecule has 1 saturated heterocycles. The molecule has 1 aliphatic rings. The zero-order valence-electron chi connectivity index (χ0n) is 14.7. The lowest BCUT2D eigenvalue weighted by atomic mass is 10.1. The minimum atomic E-state index is -0.524. The van der Waals surface area contributed by atoms with Crippen LogP contribution in [-0.4, -0.2) is 65.9 Å². The summed E-state index contributed by atoms with van der Waals surface area (Å²) in [5.74, 6) is -0.586. The van der Waals surface area contributed by atoms with Crippen LogP contribution in [-0.2, 0) is 9.53 Å². The lowest BCUT2D eigenvalue weighted by Gasteiger charge is -2.39. The van der Waals surface area contributed by atoms with Crippen molar-refractivity contribution in [3.05, 3.63) is 39.4 Å². The molecule has 1 aliphatic heterocycles. The standard InChI is InChI=1S/C17H23N3O5/c1-12-4-5-15(20(23)24)14(10-12)17(22)19-9-8-18(11-13(19)2)7-6-16(21)25-3/h4-5,10,13H,6-9,11H2,1-3H3/t13-/m1/s1. The van der Waals surface area contributed by atoms with Gasteiger partial charge < -0.3 is 9.64 Å². The van der Waals surface area contributed by atoms with Gasteiger partial charge in [0.1, 0.15) is 5.56 Å². The molecule has 0 N–H and O–H groups in total. The average Bonchev–Trinajstić information content (AvgIpc) is 2.58. The summed E-state index contributed by atoms with van der Waals surface area (Å²) in [6.07, 6.45) is 0.306. The third kappa shape index (κ3) is 4.54. The molecule has 0 unspecified atom stereocenters. The van der Waals surface area contributed by atoms with E-state index in [-0.39, 0.29) is 29.2 Å². The van der Waals surface area contributed by atoms with E-state index in [1.54, 1.807) is 24.0 Å². The van der Waals surface area contributed by atoms with Gasteiger partial charge in [-0.15, -0.1) is 0 Å². The number of hydrogen-bond acceptors (Lipinski definition) is 6. The number of piperazine rings is 1. The molecule has 0 radical (unpaired) electrons. The van der Waals surface area contributed by atoms with Crippen molar-refractivity contribution in [2.75, 3.05) is 33.3 Å². The van der Waals surface area contributed by atoms with Crippen molar-refractivity contribution < 1.29 is 19.2 Å². The number of carbonyl (C=O) groups is 2. The smallest absolute Gasteiger partial charge is 0.306 e. The summed E-state index contributed by atoms with van der Waals surface area (Å²) in [6, 6.07) is 4.47. The van der Waals surface area contributed by atoms with Crippen LogP contribution in [0.1, 0.15) is 29.3 Å². The lowest BCUT2D eigenvalue weighted by Crippen LogP contribution is -2.54. The van der Waals surface area contributed by atoms with E-state index in [2.05, 4.69) is 9.64 Å². The molecule has 0 bridgehead atoms. The van der Waals surface area contributed by atoms with Crippen LogP contribution in [0.2, 0.25) is 0 Å². The largest absolute Gasteiger partial charge is 0.469 e. The number of aryl methyl sites for hydroxylation is 1. The van der Waals surface area contributed by atoms with Crippen LogP contribution in [0.15, 0.2) is 18.2 Å². The Morgan fingerprint density at radius 3 is 2.68 bits per heavy atom. The van der Waals surface area contributed by atoms with E-state index in [9.17, 15) is 19.7 Å². The fourth-order valence-corrected chi connectivity index (χ4v) is 3.02. The SMILES string of the molecule is COC(=O)CCN1CCN(C(=O)c2cc(C)ccc2[N+](=O)[O-])[C@H](C)C1. The predicted octanol–water partition coefficient (Wildman–Crippen LogP) is 1.61. The number of esters is 1. The molecule has 25 heavy (non-hydrogen) atoms. The average molecular weight is 349 g/mol. The number of nitrogens with zero attached hydrogens (tertiary/aromatic N) is 3. The lowest BCUT2D eigenvalue weighted by molar-refractivity contribution is -0.385. The summed E-state index contributed by atoms with van der Waals surface area (Å²) in [7, 11) is 1.36. The van der Waals surface area contributed by atoms with Crippen molar-refractivity contribution in [2.45, 2.75) is 26.3 Å². The molecular weight excluding hydrogens is 326 g/mol. The van der Waals surface area contributed by atoms with Crippen molar-refractivity contribution in [2.24, 2.45) is 0 Å². The number of hydrogen-bond donors (Lipinski definition) is 0. The molecule has 0 aromatic heterocycles. The van der Waals surface area contributed by atoms with E-state index in [4.69, 9.17) is 0 Å². The quantitative estimate of drug-likeness (QED) is 0.455. The Morgan fingerprint density at radius 2 is 2.08 bits per heavy atom. The second-order valence-corrected chi connectivity index (χ2v) is 6.25. The first-order chi connectivity index (χ1) is 11.8. The van der Waals surface area contributed by atoms with Gasteiger partial charge in [0.15, 0.2) is 0 Å². The van der Waals surface area contributed by atoms with Gasteiger partial charge in [0.2, 0.25) is 0 Å². The van der Waals surface area contributed by atoms with Gasteiger partial charge in [-0.05, 0) is 25.5 Å². The molecule has 1 aromatic rings. The zero-order chi connectivity index (χ0) is 18.6. The maximum Gasteiger partial charge on any atom is 0.306 e. The molecule has 0 saturated carbocycles. The van der Waals surface area contributed by atoms with Gasteiger partial charge in [0.05, 0.1) is 18.5 Å². The summed E-state index contributed by atoms with van der Waals surface area (Å²) in [5, 5.41) is 11.2. The van der Waals surface area contributed by atoms with Crippen molar-refractivity contribution >= 4 is 17.6 Å². The van der Waals surface area contributed by atoms with Crippen molar-refractivity contribution in [3.63, 3.8) is 0 Å². The molecule has 8 nitrogen and oxygen atoms in total. The maximum atomic E-state index is 12.8. The van der Waals surface area contributed by atoms with E-state index in [0.717, 1.165) is 5.56 Å². The second kappa shape index (κ2) is 8.06. The van der Waals surface area contributed by atoms with Crippen LogP contribution in [0.5, 0.6) is 0 Å². The van der Waals surface area contributed by atoms with Crippen LogP contribution in [0.3, 0.4) is 0 Å². The number of methoxy groups -OCH3 is 1. The number of ether oxygens (including phenoxy) is 1. The van der Waals surface area contributed by atoms with Crippen LogP contribution >= 0.6 is 0 Å². The third-order valence-electron chi connectivity index (χ3n) is 4.41. The number of amides is 1. The summed E-state index contributed by atoms with van der Waals surface area (Å²) >= 11 is 0. The number of nitro benzene ring substituents is 1. The van der Waals surface area contributed by atoms with Gasteiger partial charge in [-0.3, -0.25) is 24.6 Å². The van der Waals surface area contributed by atoms with Gasteiger partial charge in [-0.2, -0.15) is 0 Å². The Balaban J connectivity index is 2.08. The molecule has 1 atom stereocenters. The number of nitro groups is 1. The van der Waals surface area contributed by atoms with Crippen LogP contribution < -0.4 is 0 Å². The maximum absolute atomic E-state index is 12.8. The predicted molar refractivity (Wildman–Crippen MR) is 91.4 cm³/mol. The van der Waals surface area contributed by atoms with Crippen LogP contribution in [0.25, 0.3) is 0 Å². The molecule has 1 fully saturated rings. The Bertz CT molecular complexity index is 676. The fraction of sp³-hybridized carbons (Fsp3) is 0.529. The molecule has 0 aliphatic carbocycles. The van der Waals surface area contributed by atoms with E-state index < -0.39 is 4.92 Å². The van der Waals surface area contributed by atoms with Crippen molar-refractivity contribution in [3.8, 4) is 0 Å². The van der Waals surface area contributed by atoms with E-state index >= 15 is 0 Å². The molecule has 2 rings (SSSR count). The molecule has 1 aromatic carbocycles. The van der Waals surface area contributed by atoms with Gasteiger partial charge in [0, 0.05) is 38.3 Å². The summed E-state index contributed by atoms with van der Waals surface area (Å²) < 4.78 is 4.64. The fourth-order valence-electron chi connectivity index (χ4n) is 3.02. The molecule has 0 spiro atoms. The Morgan fingerprint density at radius 1 is 1.36 bits per heavy atom. The highest BCUT2D eigenvalue weighted by Gasteiger charge is 2.31. The first kappa shape index (κ1) is 18.9. The minimum absolute atomic E-state index is 0.0981. The van der Waals surface area contributed by atoms with Gasteiger partial charge in [0.25, 0.3) is 11.6 Å². The summed E-state index contributed by atoms with van der Waals surface area (Å²) in [4.78, 5) is 38.5.